The normalized spacial score (nSPS) is 10.7. The first kappa shape index (κ1) is 13.3. The lowest BCUT2D eigenvalue weighted by molar-refractivity contribution is 0.482. The largest absolute Gasteiger partial charge is 0.456 e. The second kappa shape index (κ2) is 5.64. The molecule has 3 heteroatoms. The summed E-state index contributed by atoms with van der Waals surface area (Å²) in [7, 11) is 0. The van der Waals surface area contributed by atoms with Gasteiger partial charge < -0.3 is 4.74 Å². The molecule has 0 unspecified atom stereocenters. The highest BCUT2D eigenvalue weighted by Crippen LogP contribution is 2.31. The lowest BCUT2D eigenvalue weighted by atomic mass is 10.0. The third-order valence-corrected chi connectivity index (χ3v) is 3.20. The van der Waals surface area contributed by atoms with Gasteiger partial charge in [-0.25, -0.2) is 0 Å². The van der Waals surface area contributed by atoms with Crippen LogP contribution < -0.4 is 4.74 Å². The minimum absolute atomic E-state index is 0.510. The fraction of sp³-hybridized carbons (Fsp3) is 0.200. The van der Waals surface area contributed by atoms with Gasteiger partial charge >= 0.3 is 0 Å². The molecule has 0 aliphatic heterocycles. The van der Waals surface area contributed by atoms with Gasteiger partial charge in [-0.2, -0.15) is 0 Å². The van der Waals surface area contributed by atoms with E-state index in [0.717, 1.165) is 5.75 Å². The Morgan fingerprint density at radius 1 is 0.944 bits per heavy atom. The lowest BCUT2D eigenvalue weighted by Crippen LogP contribution is -1.88. The standard InChI is InChI=1S/C15H14Cl2O/c1-10(2)11-3-6-13(7-4-11)18-15-8-5-12(16)9-14(15)17/h3-10H,1-2H3. The topological polar surface area (TPSA) is 9.23 Å². The SMILES string of the molecule is CC(C)c1ccc(Oc2ccc(Cl)cc2Cl)cc1. The molecule has 0 saturated heterocycles. The maximum absolute atomic E-state index is 6.05. The van der Waals surface area contributed by atoms with Gasteiger partial charge in [0.1, 0.15) is 11.5 Å². The summed E-state index contributed by atoms with van der Waals surface area (Å²) in [6, 6.07) is 13.2. The predicted molar refractivity (Wildman–Crippen MR) is 77.1 cm³/mol. The molecule has 2 aromatic carbocycles. The van der Waals surface area contributed by atoms with Crippen LogP contribution in [-0.4, -0.2) is 0 Å². The summed E-state index contributed by atoms with van der Waals surface area (Å²) >= 11 is 11.9. The zero-order valence-corrected chi connectivity index (χ0v) is 11.8. The van der Waals surface area contributed by atoms with Crippen molar-refractivity contribution >= 4 is 23.2 Å². The van der Waals surface area contributed by atoms with E-state index in [0.29, 0.717) is 21.7 Å². The van der Waals surface area contributed by atoms with Crippen LogP contribution in [-0.2, 0) is 0 Å². The van der Waals surface area contributed by atoms with E-state index < -0.39 is 0 Å². The Balaban J connectivity index is 2.18. The summed E-state index contributed by atoms with van der Waals surface area (Å²) in [6.07, 6.45) is 0. The molecule has 0 aliphatic carbocycles. The van der Waals surface area contributed by atoms with Crippen LogP contribution in [0.3, 0.4) is 0 Å². The molecule has 2 aromatic rings. The van der Waals surface area contributed by atoms with E-state index in [9.17, 15) is 0 Å². The zero-order valence-electron chi connectivity index (χ0n) is 10.3. The molecular weight excluding hydrogens is 267 g/mol. The monoisotopic (exact) mass is 280 g/mol. The Hall–Kier alpha value is -1.18. The second-order valence-electron chi connectivity index (χ2n) is 4.40. The molecule has 0 saturated carbocycles. The first-order valence-corrected chi connectivity index (χ1v) is 6.54. The van der Waals surface area contributed by atoms with E-state index in [4.69, 9.17) is 27.9 Å². The second-order valence-corrected chi connectivity index (χ2v) is 5.24. The van der Waals surface area contributed by atoms with Gasteiger partial charge in [0.15, 0.2) is 0 Å². The number of benzene rings is 2. The number of hydrogen-bond acceptors (Lipinski definition) is 1. The highest BCUT2D eigenvalue weighted by Gasteiger charge is 2.04. The molecule has 0 aliphatic rings. The van der Waals surface area contributed by atoms with Gasteiger partial charge in [0, 0.05) is 5.02 Å². The van der Waals surface area contributed by atoms with Crippen molar-refractivity contribution in [2.24, 2.45) is 0 Å². The Bertz CT molecular complexity index is 533. The van der Waals surface area contributed by atoms with Crippen LogP contribution in [0.4, 0.5) is 0 Å². The van der Waals surface area contributed by atoms with Gasteiger partial charge in [0.05, 0.1) is 5.02 Å². The molecule has 0 amide bonds. The molecular formula is C15H14Cl2O. The highest BCUT2D eigenvalue weighted by atomic mass is 35.5. The summed E-state index contributed by atoms with van der Waals surface area (Å²) in [5.41, 5.74) is 1.28. The molecule has 0 fully saturated rings. The lowest BCUT2D eigenvalue weighted by Gasteiger charge is -2.09. The fourth-order valence-electron chi connectivity index (χ4n) is 1.61. The van der Waals surface area contributed by atoms with E-state index in [1.54, 1.807) is 18.2 Å². The van der Waals surface area contributed by atoms with Gasteiger partial charge in [-0.05, 0) is 41.8 Å². The van der Waals surface area contributed by atoms with E-state index in [-0.39, 0.29) is 0 Å². The van der Waals surface area contributed by atoms with Crippen molar-refractivity contribution < 1.29 is 4.74 Å². The van der Waals surface area contributed by atoms with Gasteiger partial charge in [-0.3, -0.25) is 0 Å². The summed E-state index contributed by atoms with van der Waals surface area (Å²) in [6.45, 7) is 4.32. The average Bonchev–Trinajstić information content (AvgIpc) is 2.33. The van der Waals surface area contributed by atoms with E-state index in [1.165, 1.54) is 5.56 Å². The van der Waals surface area contributed by atoms with Crippen molar-refractivity contribution in [1.29, 1.82) is 0 Å². The van der Waals surface area contributed by atoms with Crippen molar-refractivity contribution in [1.82, 2.24) is 0 Å². The van der Waals surface area contributed by atoms with Gasteiger partial charge in [0.2, 0.25) is 0 Å². The average molecular weight is 281 g/mol. The Morgan fingerprint density at radius 2 is 1.61 bits per heavy atom. The van der Waals surface area contributed by atoms with Crippen LogP contribution >= 0.6 is 23.2 Å². The zero-order chi connectivity index (χ0) is 13.1. The highest BCUT2D eigenvalue weighted by molar-refractivity contribution is 6.35. The molecule has 0 heterocycles. The minimum Gasteiger partial charge on any atom is -0.456 e. The number of ether oxygens (including phenoxy) is 1. The summed E-state index contributed by atoms with van der Waals surface area (Å²) in [4.78, 5) is 0. The van der Waals surface area contributed by atoms with Crippen LogP contribution in [0.15, 0.2) is 42.5 Å². The van der Waals surface area contributed by atoms with Crippen LogP contribution in [0.1, 0.15) is 25.3 Å². The number of hydrogen-bond donors (Lipinski definition) is 0. The van der Waals surface area contributed by atoms with Crippen molar-refractivity contribution in [3.05, 3.63) is 58.1 Å². The summed E-state index contributed by atoms with van der Waals surface area (Å²) in [5.74, 6) is 1.89. The molecule has 0 N–H and O–H groups in total. The summed E-state index contributed by atoms with van der Waals surface area (Å²) < 4.78 is 5.71. The molecule has 0 radical (unpaired) electrons. The Kier molecular flexibility index (Phi) is 4.15. The molecule has 1 nitrogen and oxygen atoms in total. The molecule has 0 atom stereocenters. The van der Waals surface area contributed by atoms with Crippen molar-refractivity contribution in [2.45, 2.75) is 19.8 Å². The molecule has 0 bridgehead atoms. The maximum Gasteiger partial charge on any atom is 0.146 e. The number of halogens is 2. The molecule has 2 rings (SSSR count). The van der Waals surface area contributed by atoms with E-state index in [1.807, 2.05) is 12.1 Å². The van der Waals surface area contributed by atoms with Crippen LogP contribution in [0.5, 0.6) is 11.5 Å². The predicted octanol–water partition coefficient (Wildman–Crippen LogP) is 5.91. The van der Waals surface area contributed by atoms with Crippen molar-refractivity contribution in [3.8, 4) is 11.5 Å². The fourth-order valence-corrected chi connectivity index (χ4v) is 2.05. The molecule has 94 valence electrons. The van der Waals surface area contributed by atoms with Gasteiger partial charge in [0.25, 0.3) is 0 Å². The minimum atomic E-state index is 0.510. The first-order chi connectivity index (χ1) is 8.56. The number of rotatable bonds is 3. The quantitative estimate of drug-likeness (QED) is 0.679. The Morgan fingerprint density at radius 3 is 2.17 bits per heavy atom. The summed E-state index contributed by atoms with van der Waals surface area (Å²) in [5, 5.41) is 1.11. The van der Waals surface area contributed by atoms with E-state index >= 15 is 0 Å². The van der Waals surface area contributed by atoms with Crippen LogP contribution in [0.25, 0.3) is 0 Å². The van der Waals surface area contributed by atoms with Crippen LogP contribution in [0, 0.1) is 0 Å². The maximum atomic E-state index is 6.05. The third-order valence-electron chi connectivity index (χ3n) is 2.67. The molecule has 0 spiro atoms. The van der Waals surface area contributed by atoms with Crippen LogP contribution in [0.2, 0.25) is 10.0 Å². The van der Waals surface area contributed by atoms with Gasteiger partial charge in [-0.15, -0.1) is 0 Å². The smallest absolute Gasteiger partial charge is 0.146 e. The third kappa shape index (κ3) is 3.18. The van der Waals surface area contributed by atoms with Crippen molar-refractivity contribution in [2.75, 3.05) is 0 Å². The molecule has 18 heavy (non-hydrogen) atoms. The Labute approximate surface area is 117 Å². The van der Waals surface area contributed by atoms with E-state index in [2.05, 4.69) is 26.0 Å². The molecule has 0 aromatic heterocycles. The van der Waals surface area contributed by atoms with Gasteiger partial charge in [-0.1, -0.05) is 49.2 Å². The van der Waals surface area contributed by atoms with Crippen molar-refractivity contribution in [3.63, 3.8) is 0 Å². The first-order valence-electron chi connectivity index (χ1n) is 5.79.